The molecule has 1 amide bonds. The lowest BCUT2D eigenvalue weighted by Crippen LogP contribution is -2.18. The number of hydrogen-bond donors (Lipinski definition) is 1. The molecule has 3 aromatic heterocycles. The highest BCUT2D eigenvalue weighted by Crippen LogP contribution is 2.24. The molecule has 1 N–H and O–H groups in total. The van der Waals surface area contributed by atoms with Crippen LogP contribution in [0.3, 0.4) is 0 Å². The number of nitrogens with one attached hydrogen (secondary N) is 1. The summed E-state index contributed by atoms with van der Waals surface area (Å²) >= 11 is 0. The number of furan rings is 1. The second-order valence-corrected chi connectivity index (χ2v) is 7.57. The van der Waals surface area contributed by atoms with Crippen molar-refractivity contribution in [1.29, 1.82) is 0 Å². The molecular formula is C25H22N4O2. The van der Waals surface area contributed by atoms with Crippen LogP contribution in [0.25, 0.3) is 11.1 Å². The first-order valence-electron chi connectivity index (χ1n) is 10.2. The Hall–Kier alpha value is -4.06. The van der Waals surface area contributed by atoms with Gasteiger partial charge in [-0.3, -0.25) is 9.48 Å². The first-order valence-corrected chi connectivity index (χ1v) is 10.2. The van der Waals surface area contributed by atoms with Crippen molar-refractivity contribution in [2.45, 2.75) is 20.0 Å². The van der Waals surface area contributed by atoms with E-state index in [1.165, 1.54) is 5.56 Å². The van der Waals surface area contributed by atoms with Gasteiger partial charge in [-0.1, -0.05) is 36.4 Å². The quantitative estimate of drug-likeness (QED) is 0.424. The molecule has 0 saturated heterocycles. The maximum absolute atomic E-state index is 13.2. The molecule has 0 spiro atoms. The maximum Gasteiger partial charge on any atom is 0.272 e. The Morgan fingerprint density at radius 1 is 1.03 bits per heavy atom. The lowest BCUT2D eigenvalue weighted by atomic mass is 10.1. The summed E-state index contributed by atoms with van der Waals surface area (Å²) in [4.78, 5) is 13.2. The highest BCUT2D eigenvalue weighted by Gasteiger charge is 2.18. The molecular weight excluding hydrogens is 388 g/mol. The molecule has 6 nitrogen and oxygen atoms in total. The van der Waals surface area contributed by atoms with Crippen LogP contribution in [0.5, 0.6) is 0 Å². The predicted octanol–water partition coefficient (Wildman–Crippen LogP) is 5.09. The van der Waals surface area contributed by atoms with E-state index in [9.17, 15) is 4.79 Å². The fourth-order valence-corrected chi connectivity index (χ4v) is 3.82. The van der Waals surface area contributed by atoms with Gasteiger partial charge >= 0.3 is 0 Å². The summed E-state index contributed by atoms with van der Waals surface area (Å²) in [6.07, 6.45) is 5.32. The van der Waals surface area contributed by atoms with Crippen molar-refractivity contribution < 1.29 is 9.21 Å². The van der Waals surface area contributed by atoms with Crippen LogP contribution in [0.2, 0.25) is 0 Å². The van der Waals surface area contributed by atoms with Crippen LogP contribution in [0.15, 0.2) is 89.8 Å². The van der Waals surface area contributed by atoms with E-state index < -0.39 is 0 Å². The number of carbonyl (C=O) groups is 1. The zero-order chi connectivity index (χ0) is 21.2. The second kappa shape index (κ2) is 7.99. The summed E-state index contributed by atoms with van der Waals surface area (Å²) in [7, 11) is 0. The molecule has 3 heterocycles. The van der Waals surface area contributed by atoms with Crippen molar-refractivity contribution >= 4 is 22.7 Å². The van der Waals surface area contributed by atoms with E-state index in [1.807, 2.05) is 64.0 Å². The summed E-state index contributed by atoms with van der Waals surface area (Å²) in [5.74, 6) is -0.170. The molecule has 154 valence electrons. The van der Waals surface area contributed by atoms with Crippen LogP contribution in [-0.4, -0.2) is 20.3 Å². The van der Waals surface area contributed by atoms with E-state index in [2.05, 4.69) is 29.5 Å². The lowest BCUT2D eigenvalue weighted by Gasteiger charge is -2.13. The Bertz CT molecular complexity index is 1350. The van der Waals surface area contributed by atoms with Gasteiger partial charge in [0.2, 0.25) is 0 Å². The Kier molecular flexibility index (Phi) is 4.88. The summed E-state index contributed by atoms with van der Waals surface area (Å²) in [6, 6.07) is 21.6. The number of aryl methyl sites for hydroxylation is 1. The van der Waals surface area contributed by atoms with Gasteiger partial charge in [0, 0.05) is 36.8 Å². The van der Waals surface area contributed by atoms with Gasteiger partial charge in [-0.2, -0.15) is 5.10 Å². The van der Waals surface area contributed by atoms with Gasteiger partial charge < -0.3 is 14.3 Å². The van der Waals surface area contributed by atoms with Crippen molar-refractivity contribution in [2.75, 3.05) is 5.32 Å². The molecule has 5 aromatic rings. The molecule has 0 aliphatic carbocycles. The number of carbonyl (C=O) groups excluding carboxylic acids is 1. The minimum absolute atomic E-state index is 0.170. The molecule has 2 aromatic carbocycles. The first kappa shape index (κ1) is 18.9. The van der Waals surface area contributed by atoms with Crippen LogP contribution in [0.1, 0.15) is 27.2 Å². The number of hydrogen-bond acceptors (Lipinski definition) is 3. The van der Waals surface area contributed by atoms with Gasteiger partial charge in [0.1, 0.15) is 5.69 Å². The topological polar surface area (TPSA) is 65.0 Å². The van der Waals surface area contributed by atoms with Crippen molar-refractivity contribution in [1.82, 2.24) is 14.3 Å². The average molecular weight is 410 g/mol. The van der Waals surface area contributed by atoms with E-state index in [0.29, 0.717) is 24.4 Å². The smallest absolute Gasteiger partial charge is 0.272 e. The monoisotopic (exact) mass is 410 g/mol. The zero-order valence-electron chi connectivity index (χ0n) is 17.2. The highest BCUT2D eigenvalue weighted by molar-refractivity contribution is 6.05. The Morgan fingerprint density at radius 2 is 1.94 bits per heavy atom. The third kappa shape index (κ3) is 3.88. The molecule has 31 heavy (non-hydrogen) atoms. The Balaban J connectivity index is 1.43. The Morgan fingerprint density at radius 3 is 2.77 bits per heavy atom. The van der Waals surface area contributed by atoms with E-state index in [4.69, 9.17) is 4.42 Å². The molecule has 0 saturated carbocycles. The minimum Gasteiger partial charge on any atom is -0.463 e. The highest BCUT2D eigenvalue weighted by atomic mass is 16.3. The van der Waals surface area contributed by atoms with E-state index in [1.54, 1.807) is 18.5 Å². The van der Waals surface area contributed by atoms with Crippen LogP contribution < -0.4 is 5.32 Å². The molecule has 0 bridgehead atoms. The predicted molar refractivity (Wildman–Crippen MR) is 120 cm³/mol. The van der Waals surface area contributed by atoms with Crippen LogP contribution in [-0.2, 0) is 13.1 Å². The number of amides is 1. The van der Waals surface area contributed by atoms with Gasteiger partial charge in [0.05, 0.1) is 18.3 Å². The number of nitrogens with zero attached hydrogens (tertiary/aromatic N) is 3. The third-order valence-electron chi connectivity index (χ3n) is 5.43. The standard InChI is InChI=1S/C25H22N4O2/c1-18-6-2-3-8-20(18)17-29-22-10-13-31-24(22)15-23(29)25(30)27-21-9-4-7-19(14-21)16-28-12-5-11-26-28/h2-15H,16-17H2,1H3,(H,27,30). The fraction of sp³-hybridized carbons (Fsp3) is 0.120. The SMILES string of the molecule is Cc1ccccc1Cn1c(C(=O)Nc2cccc(Cn3cccn3)c2)cc2occc21. The number of rotatable bonds is 6. The third-order valence-corrected chi connectivity index (χ3v) is 5.43. The fourth-order valence-electron chi connectivity index (χ4n) is 3.82. The van der Waals surface area contributed by atoms with Gasteiger partial charge in [0.15, 0.2) is 5.58 Å². The van der Waals surface area contributed by atoms with Crippen molar-refractivity contribution in [2.24, 2.45) is 0 Å². The van der Waals surface area contributed by atoms with Gasteiger partial charge in [-0.25, -0.2) is 0 Å². The number of anilines is 1. The van der Waals surface area contributed by atoms with Gasteiger partial charge in [0.25, 0.3) is 5.91 Å². The summed E-state index contributed by atoms with van der Waals surface area (Å²) < 4.78 is 9.43. The van der Waals surface area contributed by atoms with Crippen LogP contribution >= 0.6 is 0 Å². The molecule has 0 unspecified atom stereocenters. The van der Waals surface area contributed by atoms with Crippen LogP contribution in [0.4, 0.5) is 5.69 Å². The zero-order valence-corrected chi connectivity index (χ0v) is 17.2. The summed E-state index contributed by atoms with van der Waals surface area (Å²) in [5, 5.41) is 7.28. The van der Waals surface area contributed by atoms with Crippen molar-refractivity contribution in [3.05, 3.63) is 108 Å². The van der Waals surface area contributed by atoms with Gasteiger partial charge in [-0.15, -0.1) is 0 Å². The number of benzene rings is 2. The molecule has 0 atom stereocenters. The minimum atomic E-state index is -0.170. The van der Waals surface area contributed by atoms with E-state index in [-0.39, 0.29) is 5.91 Å². The average Bonchev–Trinajstić information content (AvgIpc) is 3.49. The van der Waals surface area contributed by atoms with Gasteiger partial charge in [-0.05, 0) is 41.8 Å². The summed E-state index contributed by atoms with van der Waals surface area (Å²) in [6.45, 7) is 3.32. The number of aromatic nitrogens is 3. The van der Waals surface area contributed by atoms with Crippen molar-refractivity contribution in [3.63, 3.8) is 0 Å². The molecule has 0 aliphatic rings. The molecule has 5 rings (SSSR count). The lowest BCUT2D eigenvalue weighted by molar-refractivity contribution is 0.101. The Labute approximate surface area is 179 Å². The normalized spacial score (nSPS) is 11.1. The maximum atomic E-state index is 13.2. The first-order chi connectivity index (χ1) is 15.2. The van der Waals surface area contributed by atoms with E-state index in [0.717, 1.165) is 22.3 Å². The molecule has 0 radical (unpaired) electrons. The molecule has 0 fully saturated rings. The molecule has 0 aliphatic heterocycles. The van der Waals surface area contributed by atoms with Crippen molar-refractivity contribution in [3.8, 4) is 0 Å². The summed E-state index contributed by atoms with van der Waals surface area (Å²) in [5.41, 5.74) is 6.32. The second-order valence-electron chi connectivity index (χ2n) is 7.57. The van der Waals surface area contributed by atoms with E-state index >= 15 is 0 Å². The largest absolute Gasteiger partial charge is 0.463 e. The molecule has 6 heteroatoms. The number of fused-ring (bicyclic) bond motifs is 1. The van der Waals surface area contributed by atoms with Crippen LogP contribution in [0, 0.1) is 6.92 Å².